The van der Waals surface area contributed by atoms with Gasteiger partial charge in [0.1, 0.15) is 5.82 Å². The van der Waals surface area contributed by atoms with Crippen LogP contribution >= 0.6 is 0 Å². The highest BCUT2D eigenvalue weighted by Gasteiger charge is 2.09. The van der Waals surface area contributed by atoms with Crippen LogP contribution in [0.1, 0.15) is 10.4 Å². The number of hydrogen-bond acceptors (Lipinski definition) is 3. The van der Waals surface area contributed by atoms with E-state index in [2.05, 4.69) is 9.97 Å². The molecule has 1 amide bonds. The third kappa shape index (κ3) is 2.09. The van der Waals surface area contributed by atoms with E-state index in [4.69, 9.17) is 5.73 Å². The molecular formula is C15H10FN3O. The van der Waals surface area contributed by atoms with Crippen molar-refractivity contribution in [2.24, 2.45) is 5.73 Å². The van der Waals surface area contributed by atoms with E-state index in [1.54, 1.807) is 30.5 Å². The molecule has 1 aromatic carbocycles. The first-order chi connectivity index (χ1) is 9.65. The van der Waals surface area contributed by atoms with Gasteiger partial charge in [0, 0.05) is 17.1 Å². The van der Waals surface area contributed by atoms with E-state index in [1.807, 2.05) is 0 Å². The van der Waals surface area contributed by atoms with Crippen LogP contribution in [0, 0.1) is 5.82 Å². The number of primary amides is 1. The van der Waals surface area contributed by atoms with Crippen molar-refractivity contribution in [2.75, 3.05) is 0 Å². The number of benzene rings is 1. The smallest absolute Gasteiger partial charge is 0.250 e. The summed E-state index contributed by atoms with van der Waals surface area (Å²) in [7, 11) is 0. The molecule has 0 aliphatic carbocycles. The van der Waals surface area contributed by atoms with Gasteiger partial charge in [-0.15, -0.1) is 0 Å². The van der Waals surface area contributed by atoms with Crippen LogP contribution in [0.3, 0.4) is 0 Å². The molecule has 0 spiro atoms. The highest BCUT2D eigenvalue weighted by atomic mass is 19.1. The van der Waals surface area contributed by atoms with Crippen molar-refractivity contribution < 1.29 is 9.18 Å². The molecule has 3 aromatic rings. The van der Waals surface area contributed by atoms with Gasteiger partial charge in [0.25, 0.3) is 5.91 Å². The molecule has 0 aliphatic rings. The van der Waals surface area contributed by atoms with E-state index in [0.29, 0.717) is 27.7 Å². The molecule has 0 saturated carbocycles. The van der Waals surface area contributed by atoms with Gasteiger partial charge in [-0.25, -0.2) is 9.37 Å². The molecule has 0 radical (unpaired) electrons. The number of carbonyl (C=O) groups excluding carboxylic acids is 1. The van der Waals surface area contributed by atoms with Gasteiger partial charge in [0.15, 0.2) is 0 Å². The Bertz CT molecular complexity index is 817. The minimum absolute atomic E-state index is 0.320. The Hall–Kier alpha value is -2.82. The van der Waals surface area contributed by atoms with E-state index < -0.39 is 5.91 Å². The number of nitrogens with zero attached hydrogens (tertiary/aromatic N) is 2. The molecule has 4 nitrogen and oxygen atoms in total. The predicted octanol–water partition coefficient (Wildman–Crippen LogP) is 2.53. The molecule has 0 aliphatic heterocycles. The molecule has 0 fully saturated rings. The number of carbonyl (C=O) groups is 1. The standard InChI is InChI=1S/C15H10FN3O/c16-10-3-1-2-9(6-10)13-5-4-11-12(15(17)20)7-18-8-14(11)19-13/h1-8H,(H2,17,20). The molecular weight excluding hydrogens is 257 g/mol. The van der Waals surface area contributed by atoms with Crippen molar-refractivity contribution >= 4 is 16.8 Å². The molecule has 2 aromatic heterocycles. The maximum Gasteiger partial charge on any atom is 0.250 e. The van der Waals surface area contributed by atoms with Gasteiger partial charge < -0.3 is 5.73 Å². The van der Waals surface area contributed by atoms with Gasteiger partial charge in [-0.1, -0.05) is 12.1 Å². The van der Waals surface area contributed by atoms with E-state index in [9.17, 15) is 9.18 Å². The average molecular weight is 267 g/mol. The predicted molar refractivity (Wildman–Crippen MR) is 73.4 cm³/mol. The van der Waals surface area contributed by atoms with Crippen molar-refractivity contribution in [3.63, 3.8) is 0 Å². The molecule has 2 N–H and O–H groups in total. The maximum absolute atomic E-state index is 13.2. The third-order valence-electron chi connectivity index (χ3n) is 3.00. The second-order valence-electron chi connectivity index (χ2n) is 4.32. The molecule has 0 unspecified atom stereocenters. The van der Waals surface area contributed by atoms with Crippen molar-refractivity contribution in [2.45, 2.75) is 0 Å². The summed E-state index contributed by atoms with van der Waals surface area (Å²) in [4.78, 5) is 19.7. The Balaban J connectivity index is 2.19. The van der Waals surface area contributed by atoms with E-state index in [-0.39, 0.29) is 5.82 Å². The first kappa shape index (κ1) is 12.2. The van der Waals surface area contributed by atoms with Crippen LogP contribution in [-0.4, -0.2) is 15.9 Å². The fraction of sp³-hybridized carbons (Fsp3) is 0. The quantitative estimate of drug-likeness (QED) is 0.775. The fourth-order valence-electron chi connectivity index (χ4n) is 2.06. The lowest BCUT2D eigenvalue weighted by atomic mass is 10.1. The molecule has 0 bridgehead atoms. The summed E-state index contributed by atoms with van der Waals surface area (Å²) in [5, 5.41) is 0.632. The van der Waals surface area contributed by atoms with E-state index in [0.717, 1.165) is 0 Å². The lowest BCUT2D eigenvalue weighted by molar-refractivity contribution is 0.100. The van der Waals surface area contributed by atoms with Gasteiger partial charge in [-0.3, -0.25) is 9.78 Å². The van der Waals surface area contributed by atoms with Crippen LogP contribution in [0.5, 0.6) is 0 Å². The van der Waals surface area contributed by atoms with Crippen LogP contribution in [0.15, 0.2) is 48.8 Å². The normalized spacial score (nSPS) is 10.7. The minimum Gasteiger partial charge on any atom is -0.366 e. The van der Waals surface area contributed by atoms with Crippen LogP contribution in [0.25, 0.3) is 22.2 Å². The Labute approximate surface area is 114 Å². The summed E-state index contributed by atoms with van der Waals surface area (Å²) in [6.07, 6.45) is 2.96. The zero-order chi connectivity index (χ0) is 14.1. The summed E-state index contributed by atoms with van der Waals surface area (Å²) in [5.41, 5.74) is 7.43. The number of hydrogen-bond donors (Lipinski definition) is 1. The number of rotatable bonds is 2. The van der Waals surface area contributed by atoms with Gasteiger partial charge >= 0.3 is 0 Å². The number of fused-ring (bicyclic) bond motifs is 1. The van der Waals surface area contributed by atoms with Crippen LogP contribution in [0.4, 0.5) is 4.39 Å². The Morgan fingerprint density at radius 3 is 2.75 bits per heavy atom. The number of pyridine rings is 2. The number of aromatic nitrogens is 2. The van der Waals surface area contributed by atoms with Crippen LogP contribution < -0.4 is 5.73 Å². The molecule has 0 saturated heterocycles. The molecule has 0 atom stereocenters. The first-order valence-corrected chi connectivity index (χ1v) is 5.95. The molecule has 20 heavy (non-hydrogen) atoms. The third-order valence-corrected chi connectivity index (χ3v) is 3.00. The van der Waals surface area contributed by atoms with Crippen molar-refractivity contribution in [3.05, 3.63) is 60.2 Å². The summed E-state index contributed by atoms with van der Waals surface area (Å²) >= 11 is 0. The largest absolute Gasteiger partial charge is 0.366 e. The number of nitrogens with two attached hydrogens (primary N) is 1. The highest BCUT2D eigenvalue weighted by Crippen LogP contribution is 2.22. The summed E-state index contributed by atoms with van der Waals surface area (Å²) in [5.74, 6) is -0.878. The zero-order valence-electron chi connectivity index (χ0n) is 10.4. The van der Waals surface area contributed by atoms with Gasteiger partial charge in [0.05, 0.1) is 23.0 Å². The SMILES string of the molecule is NC(=O)c1cncc2nc(-c3cccc(F)c3)ccc12. The van der Waals surface area contributed by atoms with E-state index >= 15 is 0 Å². The number of halogens is 1. The second-order valence-corrected chi connectivity index (χ2v) is 4.32. The minimum atomic E-state index is -0.552. The van der Waals surface area contributed by atoms with Crippen LogP contribution in [0.2, 0.25) is 0 Å². The lowest BCUT2D eigenvalue weighted by Crippen LogP contribution is -2.12. The number of amides is 1. The van der Waals surface area contributed by atoms with Gasteiger partial charge in [-0.2, -0.15) is 0 Å². The van der Waals surface area contributed by atoms with Crippen molar-refractivity contribution in [1.29, 1.82) is 0 Å². The Morgan fingerprint density at radius 2 is 2.00 bits per heavy atom. The first-order valence-electron chi connectivity index (χ1n) is 5.95. The summed E-state index contributed by atoms with van der Waals surface area (Å²) < 4.78 is 13.2. The van der Waals surface area contributed by atoms with Gasteiger partial charge in [-0.05, 0) is 24.3 Å². The monoisotopic (exact) mass is 267 g/mol. The van der Waals surface area contributed by atoms with Crippen molar-refractivity contribution in [3.8, 4) is 11.3 Å². The van der Waals surface area contributed by atoms with Crippen LogP contribution in [-0.2, 0) is 0 Å². The Kier molecular flexibility index (Phi) is 2.87. The highest BCUT2D eigenvalue weighted by molar-refractivity contribution is 6.05. The molecule has 98 valence electrons. The lowest BCUT2D eigenvalue weighted by Gasteiger charge is -2.05. The second kappa shape index (κ2) is 4.70. The average Bonchev–Trinajstić information content (AvgIpc) is 2.46. The fourth-order valence-corrected chi connectivity index (χ4v) is 2.06. The maximum atomic E-state index is 13.2. The molecule has 2 heterocycles. The van der Waals surface area contributed by atoms with E-state index in [1.165, 1.54) is 18.3 Å². The Morgan fingerprint density at radius 1 is 1.15 bits per heavy atom. The summed E-state index contributed by atoms with van der Waals surface area (Å²) in [6, 6.07) is 9.63. The topological polar surface area (TPSA) is 68.9 Å². The van der Waals surface area contributed by atoms with Crippen molar-refractivity contribution in [1.82, 2.24) is 9.97 Å². The molecule has 3 rings (SSSR count). The van der Waals surface area contributed by atoms with Gasteiger partial charge in [0.2, 0.25) is 0 Å². The summed E-state index contributed by atoms with van der Waals surface area (Å²) in [6.45, 7) is 0. The zero-order valence-corrected chi connectivity index (χ0v) is 10.4. The molecule has 5 heteroatoms.